The SMILES string of the molecule is CC1(C)CC(=O)c2cc(C(=O)NCCc3nc(C(=O)O)cs3)c(=O)[nH]c2C1. The molecule has 0 aromatic carbocycles. The van der Waals surface area contributed by atoms with Crippen LogP contribution in [0.1, 0.15) is 62.2 Å². The number of ketones is 1. The van der Waals surface area contributed by atoms with Gasteiger partial charge in [0.2, 0.25) is 0 Å². The molecule has 142 valence electrons. The van der Waals surface area contributed by atoms with Gasteiger partial charge in [0.25, 0.3) is 11.5 Å². The van der Waals surface area contributed by atoms with Gasteiger partial charge < -0.3 is 15.4 Å². The monoisotopic (exact) mass is 389 g/mol. The number of nitrogens with one attached hydrogen (secondary N) is 2. The third kappa shape index (κ3) is 4.13. The van der Waals surface area contributed by atoms with E-state index in [-0.39, 0.29) is 29.0 Å². The topological polar surface area (TPSA) is 129 Å². The van der Waals surface area contributed by atoms with Crippen LogP contribution in [0.15, 0.2) is 16.2 Å². The molecule has 0 unspecified atom stereocenters. The molecule has 2 aromatic rings. The summed E-state index contributed by atoms with van der Waals surface area (Å²) >= 11 is 1.19. The lowest BCUT2D eigenvalue weighted by Gasteiger charge is -2.29. The van der Waals surface area contributed by atoms with Crippen LogP contribution in [0.2, 0.25) is 0 Å². The molecule has 0 bridgehead atoms. The van der Waals surface area contributed by atoms with Crippen LogP contribution >= 0.6 is 11.3 Å². The molecule has 8 nitrogen and oxygen atoms in total. The quantitative estimate of drug-likeness (QED) is 0.713. The van der Waals surface area contributed by atoms with E-state index in [0.717, 1.165) is 0 Å². The Hall–Kier alpha value is -2.81. The Morgan fingerprint density at radius 1 is 1.33 bits per heavy atom. The van der Waals surface area contributed by atoms with Crippen LogP contribution < -0.4 is 10.9 Å². The van der Waals surface area contributed by atoms with Crippen molar-refractivity contribution in [1.29, 1.82) is 0 Å². The first-order valence-electron chi connectivity index (χ1n) is 8.41. The number of Topliss-reactive ketones (excluding diaryl/α,β-unsaturated/α-hetero) is 1. The third-order valence-electron chi connectivity index (χ3n) is 4.36. The minimum atomic E-state index is -1.10. The van der Waals surface area contributed by atoms with Crippen molar-refractivity contribution in [2.75, 3.05) is 6.54 Å². The van der Waals surface area contributed by atoms with E-state index < -0.39 is 17.4 Å². The van der Waals surface area contributed by atoms with Gasteiger partial charge >= 0.3 is 5.97 Å². The van der Waals surface area contributed by atoms with Crippen molar-refractivity contribution in [2.24, 2.45) is 5.41 Å². The van der Waals surface area contributed by atoms with Crippen molar-refractivity contribution in [2.45, 2.75) is 33.1 Å². The summed E-state index contributed by atoms with van der Waals surface area (Å²) in [6.45, 7) is 4.12. The van der Waals surface area contributed by atoms with E-state index >= 15 is 0 Å². The maximum Gasteiger partial charge on any atom is 0.355 e. The maximum atomic E-state index is 12.3. The van der Waals surface area contributed by atoms with E-state index in [9.17, 15) is 19.2 Å². The average Bonchev–Trinajstić information content (AvgIpc) is 3.02. The average molecular weight is 389 g/mol. The molecule has 0 radical (unpaired) electrons. The molecule has 27 heavy (non-hydrogen) atoms. The van der Waals surface area contributed by atoms with Crippen molar-refractivity contribution in [1.82, 2.24) is 15.3 Å². The van der Waals surface area contributed by atoms with Crippen LogP contribution in [-0.4, -0.2) is 39.3 Å². The zero-order valence-corrected chi connectivity index (χ0v) is 15.7. The van der Waals surface area contributed by atoms with Gasteiger partial charge in [0.15, 0.2) is 11.5 Å². The third-order valence-corrected chi connectivity index (χ3v) is 5.27. The van der Waals surface area contributed by atoms with E-state index in [1.807, 2.05) is 13.8 Å². The number of pyridine rings is 1. The van der Waals surface area contributed by atoms with Crippen LogP contribution in [0.5, 0.6) is 0 Å². The summed E-state index contributed by atoms with van der Waals surface area (Å²) in [5, 5.41) is 13.5. The van der Waals surface area contributed by atoms with E-state index in [4.69, 9.17) is 5.11 Å². The Bertz CT molecular complexity index is 989. The molecule has 1 aliphatic carbocycles. The van der Waals surface area contributed by atoms with E-state index in [0.29, 0.717) is 35.5 Å². The van der Waals surface area contributed by atoms with Gasteiger partial charge in [-0.05, 0) is 17.9 Å². The first kappa shape index (κ1) is 19.0. The molecule has 3 rings (SSSR count). The number of carbonyl (C=O) groups excluding carboxylic acids is 2. The van der Waals surface area contributed by atoms with Crippen molar-refractivity contribution in [3.63, 3.8) is 0 Å². The molecule has 3 N–H and O–H groups in total. The molecule has 0 saturated heterocycles. The minimum absolute atomic E-state index is 0.0334. The second kappa shape index (κ2) is 7.07. The molecule has 0 atom stereocenters. The number of amides is 1. The molecular weight excluding hydrogens is 370 g/mol. The molecule has 9 heteroatoms. The predicted octanol–water partition coefficient (Wildman–Crippen LogP) is 1.66. The summed E-state index contributed by atoms with van der Waals surface area (Å²) in [4.78, 5) is 54.3. The number of nitrogens with zero attached hydrogens (tertiary/aromatic N) is 1. The number of fused-ring (bicyclic) bond motifs is 1. The number of hydrogen-bond donors (Lipinski definition) is 3. The predicted molar refractivity (Wildman–Crippen MR) is 98.6 cm³/mol. The van der Waals surface area contributed by atoms with Gasteiger partial charge in [0.05, 0.1) is 5.01 Å². The number of aromatic amines is 1. The van der Waals surface area contributed by atoms with Gasteiger partial charge in [0, 0.05) is 36.0 Å². The number of carboxylic acid groups (broad SMARTS) is 1. The first-order valence-corrected chi connectivity index (χ1v) is 9.29. The molecule has 2 heterocycles. The van der Waals surface area contributed by atoms with Gasteiger partial charge in [-0.1, -0.05) is 13.8 Å². The molecule has 1 aliphatic rings. The molecule has 2 aromatic heterocycles. The smallest absolute Gasteiger partial charge is 0.355 e. The highest BCUT2D eigenvalue weighted by molar-refractivity contribution is 7.09. The van der Waals surface area contributed by atoms with Crippen LogP contribution in [-0.2, 0) is 12.8 Å². The molecule has 0 spiro atoms. The van der Waals surface area contributed by atoms with Crippen molar-refractivity contribution in [3.05, 3.63) is 49.3 Å². The summed E-state index contributed by atoms with van der Waals surface area (Å²) in [7, 11) is 0. The highest BCUT2D eigenvalue weighted by atomic mass is 32.1. The van der Waals surface area contributed by atoms with Crippen LogP contribution in [0.4, 0.5) is 0 Å². The number of carbonyl (C=O) groups is 3. The van der Waals surface area contributed by atoms with E-state index in [1.165, 1.54) is 22.8 Å². The number of thiazole rings is 1. The zero-order valence-electron chi connectivity index (χ0n) is 14.9. The first-order chi connectivity index (χ1) is 12.7. The standard InChI is InChI=1S/C18H19N3O5S/c1-18(2)6-11-9(13(22)7-18)5-10(16(24)21-11)15(23)19-4-3-14-20-12(8-27-14)17(25)26/h5,8H,3-4,6-7H2,1-2H3,(H,19,23)(H,21,24)(H,25,26). The highest BCUT2D eigenvalue weighted by Crippen LogP contribution is 2.33. The van der Waals surface area contributed by atoms with Gasteiger partial charge in [-0.15, -0.1) is 11.3 Å². The minimum Gasteiger partial charge on any atom is -0.476 e. The highest BCUT2D eigenvalue weighted by Gasteiger charge is 2.32. The fourth-order valence-corrected chi connectivity index (χ4v) is 3.87. The van der Waals surface area contributed by atoms with Crippen LogP contribution in [0.3, 0.4) is 0 Å². The number of rotatable bonds is 5. The molecule has 1 amide bonds. The second-order valence-electron chi connectivity index (χ2n) is 7.28. The van der Waals surface area contributed by atoms with Gasteiger partial charge in [-0.2, -0.15) is 0 Å². The summed E-state index contributed by atoms with van der Waals surface area (Å²) in [6.07, 6.45) is 1.28. The Balaban J connectivity index is 1.70. The van der Waals surface area contributed by atoms with Crippen LogP contribution in [0.25, 0.3) is 0 Å². The summed E-state index contributed by atoms with van der Waals surface area (Å²) in [5.74, 6) is -1.77. The lowest BCUT2D eigenvalue weighted by molar-refractivity contribution is 0.0690. The van der Waals surface area contributed by atoms with Crippen molar-refractivity contribution >= 4 is 29.0 Å². The second-order valence-corrected chi connectivity index (χ2v) is 8.23. The fraction of sp³-hybridized carbons (Fsp3) is 0.389. The van der Waals surface area contributed by atoms with Crippen molar-refractivity contribution < 1.29 is 19.5 Å². The van der Waals surface area contributed by atoms with Gasteiger partial charge in [-0.3, -0.25) is 14.4 Å². The van der Waals surface area contributed by atoms with Gasteiger partial charge in [-0.25, -0.2) is 9.78 Å². The van der Waals surface area contributed by atoms with E-state index in [2.05, 4.69) is 15.3 Å². The largest absolute Gasteiger partial charge is 0.476 e. The lowest BCUT2D eigenvalue weighted by Crippen LogP contribution is -2.35. The van der Waals surface area contributed by atoms with Crippen molar-refractivity contribution in [3.8, 4) is 0 Å². The summed E-state index contributed by atoms with van der Waals surface area (Å²) in [5.41, 5.74) is 0.0753. The number of H-pyrrole nitrogens is 1. The normalized spacial score (nSPS) is 15.3. The summed E-state index contributed by atoms with van der Waals surface area (Å²) < 4.78 is 0. The number of hydrogen-bond acceptors (Lipinski definition) is 6. The number of aromatic carboxylic acids is 1. The summed E-state index contributed by atoms with van der Waals surface area (Å²) in [6, 6.07) is 1.37. The zero-order chi connectivity index (χ0) is 19.8. The molecule has 0 saturated carbocycles. The Morgan fingerprint density at radius 3 is 2.74 bits per heavy atom. The molecule has 0 aliphatic heterocycles. The van der Waals surface area contributed by atoms with E-state index in [1.54, 1.807) is 0 Å². The molecule has 0 fully saturated rings. The maximum absolute atomic E-state index is 12.3. The Labute approximate surface area is 158 Å². The van der Waals surface area contributed by atoms with Crippen LogP contribution in [0, 0.1) is 5.41 Å². The number of carboxylic acids is 1. The number of aromatic nitrogens is 2. The Kier molecular flexibility index (Phi) is 4.97. The molecular formula is C18H19N3O5S. The Morgan fingerprint density at radius 2 is 2.07 bits per heavy atom. The van der Waals surface area contributed by atoms with Gasteiger partial charge in [0.1, 0.15) is 5.56 Å². The lowest BCUT2D eigenvalue weighted by atomic mass is 9.75. The fourth-order valence-electron chi connectivity index (χ4n) is 3.10.